The van der Waals surface area contributed by atoms with Gasteiger partial charge in [0.2, 0.25) is 0 Å². The van der Waals surface area contributed by atoms with Gasteiger partial charge in [-0.15, -0.1) is 0 Å². The number of fused-ring (bicyclic) bond motifs is 1. The van der Waals surface area contributed by atoms with Crippen LogP contribution in [0.5, 0.6) is 0 Å². The standard InChI is InChI=1S/C21H22FN3O4S/c1-24(15-7-9-17(10-8-15)30(28,29)16-4-2-3-5-16)21-18-12-14(22)6-11-19(18)25(23-21)13-20(26)27/h6-12,16H,2-5,13H2,1H3,(H,26,27). The number of hydrogen-bond donors (Lipinski definition) is 1. The van der Waals surface area contributed by atoms with E-state index in [1.807, 2.05) is 0 Å². The highest BCUT2D eigenvalue weighted by Crippen LogP contribution is 2.33. The van der Waals surface area contributed by atoms with Crippen molar-refractivity contribution < 1.29 is 22.7 Å². The van der Waals surface area contributed by atoms with E-state index in [9.17, 15) is 17.6 Å². The second-order valence-corrected chi connectivity index (χ2v) is 9.77. The first-order chi connectivity index (χ1) is 14.3. The van der Waals surface area contributed by atoms with E-state index in [1.165, 1.54) is 22.9 Å². The highest BCUT2D eigenvalue weighted by Gasteiger charge is 2.30. The van der Waals surface area contributed by atoms with E-state index >= 15 is 0 Å². The molecule has 1 aliphatic rings. The molecule has 30 heavy (non-hydrogen) atoms. The van der Waals surface area contributed by atoms with Gasteiger partial charge in [-0.3, -0.25) is 9.48 Å². The van der Waals surface area contributed by atoms with Gasteiger partial charge in [-0.1, -0.05) is 12.8 Å². The third-order valence-corrected chi connectivity index (χ3v) is 7.87. The summed E-state index contributed by atoms with van der Waals surface area (Å²) >= 11 is 0. The van der Waals surface area contributed by atoms with Crippen molar-refractivity contribution in [2.45, 2.75) is 42.4 Å². The SMILES string of the molecule is CN(c1ccc(S(=O)(=O)C2CCCC2)cc1)c1nn(CC(=O)O)c2ccc(F)cc12. The van der Waals surface area contributed by atoms with Crippen molar-refractivity contribution in [2.24, 2.45) is 0 Å². The number of anilines is 2. The minimum Gasteiger partial charge on any atom is -0.480 e. The Balaban J connectivity index is 1.69. The van der Waals surface area contributed by atoms with Gasteiger partial charge in [-0.25, -0.2) is 12.8 Å². The summed E-state index contributed by atoms with van der Waals surface area (Å²) in [5.74, 6) is -1.12. The second-order valence-electron chi connectivity index (χ2n) is 7.54. The van der Waals surface area contributed by atoms with Gasteiger partial charge in [-0.2, -0.15) is 5.10 Å². The third kappa shape index (κ3) is 3.65. The van der Waals surface area contributed by atoms with Crippen LogP contribution in [0.15, 0.2) is 47.4 Å². The Morgan fingerprint density at radius 1 is 1.20 bits per heavy atom. The predicted molar refractivity (Wildman–Crippen MR) is 111 cm³/mol. The Kier molecular flexibility index (Phi) is 5.23. The molecule has 0 spiro atoms. The lowest BCUT2D eigenvalue weighted by Gasteiger charge is -2.18. The van der Waals surface area contributed by atoms with Crippen LogP contribution in [0.3, 0.4) is 0 Å². The van der Waals surface area contributed by atoms with E-state index in [0.717, 1.165) is 12.8 Å². The molecule has 1 saturated carbocycles. The molecule has 7 nitrogen and oxygen atoms in total. The first-order valence-corrected chi connectivity index (χ1v) is 11.3. The van der Waals surface area contributed by atoms with Gasteiger partial charge in [0.1, 0.15) is 12.4 Å². The van der Waals surface area contributed by atoms with E-state index in [1.54, 1.807) is 36.2 Å². The van der Waals surface area contributed by atoms with Crippen LogP contribution in [-0.2, 0) is 21.2 Å². The fraction of sp³-hybridized carbons (Fsp3) is 0.333. The number of carbonyl (C=O) groups is 1. The Hall–Kier alpha value is -2.94. The van der Waals surface area contributed by atoms with E-state index in [2.05, 4.69) is 5.10 Å². The summed E-state index contributed by atoms with van der Waals surface area (Å²) in [5, 5.41) is 13.6. The van der Waals surface area contributed by atoms with Gasteiger partial charge in [0.15, 0.2) is 15.7 Å². The smallest absolute Gasteiger partial charge is 0.325 e. The summed E-state index contributed by atoms with van der Waals surface area (Å²) in [6.45, 7) is -0.353. The molecule has 4 rings (SSSR count). The summed E-state index contributed by atoms with van der Waals surface area (Å²) < 4.78 is 40.7. The number of hydrogen-bond acceptors (Lipinski definition) is 5. The molecule has 0 saturated heterocycles. The van der Waals surface area contributed by atoms with Crippen molar-refractivity contribution in [1.82, 2.24) is 9.78 Å². The fourth-order valence-electron chi connectivity index (χ4n) is 4.00. The lowest BCUT2D eigenvalue weighted by atomic mass is 10.2. The number of carboxylic acid groups (broad SMARTS) is 1. The Labute approximate surface area is 173 Å². The minimum absolute atomic E-state index is 0.291. The summed E-state index contributed by atoms with van der Waals surface area (Å²) in [6, 6.07) is 10.6. The molecule has 2 aromatic carbocycles. The number of sulfone groups is 1. The zero-order valence-electron chi connectivity index (χ0n) is 16.5. The average molecular weight is 431 g/mol. The zero-order chi connectivity index (χ0) is 21.5. The van der Waals surface area contributed by atoms with Gasteiger partial charge >= 0.3 is 5.97 Å². The minimum atomic E-state index is -3.35. The molecule has 0 amide bonds. The number of aliphatic carboxylic acids is 1. The van der Waals surface area contributed by atoms with Crippen LogP contribution in [0.4, 0.5) is 15.9 Å². The van der Waals surface area contributed by atoms with Crippen LogP contribution in [-0.4, -0.2) is 41.6 Å². The first-order valence-electron chi connectivity index (χ1n) is 9.73. The number of carboxylic acids is 1. The lowest BCUT2D eigenvalue weighted by molar-refractivity contribution is -0.137. The summed E-state index contributed by atoms with van der Waals surface area (Å²) in [7, 11) is -1.63. The van der Waals surface area contributed by atoms with E-state index in [0.29, 0.717) is 40.1 Å². The van der Waals surface area contributed by atoms with E-state index < -0.39 is 21.6 Å². The second kappa shape index (κ2) is 7.71. The van der Waals surface area contributed by atoms with Crippen LogP contribution < -0.4 is 4.90 Å². The normalized spacial score (nSPS) is 15.0. The molecular weight excluding hydrogens is 409 g/mol. The zero-order valence-corrected chi connectivity index (χ0v) is 17.3. The molecule has 1 heterocycles. The number of aromatic nitrogens is 2. The van der Waals surface area contributed by atoms with Gasteiger partial charge in [0, 0.05) is 18.1 Å². The first kappa shape index (κ1) is 20.3. The van der Waals surface area contributed by atoms with E-state index in [-0.39, 0.29) is 11.8 Å². The highest BCUT2D eigenvalue weighted by atomic mass is 32.2. The molecule has 1 fully saturated rings. The third-order valence-electron chi connectivity index (χ3n) is 5.59. The Bertz CT molecular complexity index is 1200. The molecule has 0 unspecified atom stereocenters. The molecule has 158 valence electrons. The maximum Gasteiger partial charge on any atom is 0.325 e. The van der Waals surface area contributed by atoms with Gasteiger partial charge in [0.05, 0.1) is 15.7 Å². The lowest BCUT2D eigenvalue weighted by Crippen LogP contribution is -2.18. The number of halogens is 1. The maximum absolute atomic E-state index is 13.8. The molecule has 0 radical (unpaired) electrons. The molecule has 1 N–H and O–H groups in total. The number of rotatable bonds is 6. The van der Waals surface area contributed by atoms with Crippen molar-refractivity contribution in [3.63, 3.8) is 0 Å². The number of nitrogens with zero attached hydrogens (tertiary/aromatic N) is 3. The number of benzene rings is 2. The largest absolute Gasteiger partial charge is 0.480 e. The predicted octanol–water partition coefficient (Wildman–Crippen LogP) is 3.74. The quantitative estimate of drug-likeness (QED) is 0.639. The highest BCUT2D eigenvalue weighted by molar-refractivity contribution is 7.92. The van der Waals surface area contributed by atoms with Gasteiger partial charge < -0.3 is 10.0 Å². The van der Waals surface area contributed by atoms with Crippen molar-refractivity contribution in [1.29, 1.82) is 0 Å². The van der Waals surface area contributed by atoms with Crippen molar-refractivity contribution >= 4 is 38.2 Å². The van der Waals surface area contributed by atoms with Crippen LogP contribution in [0.2, 0.25) is 0 Å². The Morgan fingerprint density at radius 3 is 2.50 bits per heavy atom. The molecule has 9 heteroatoms. The van der Waals surface area contributed by atoms with Crippen molar-refractivity contribution in [2.75, 3.05) is 11.9 Å². The van der Waals surface area contributed by atoms with Crippen molar-refractivity contribution in [3.8, 4) is 0 Å². The molecule has 3 aromatic rings. The van der Waals surface area contributed by atoms with E-state index in [4.69, 9.17) is 5.11 Å². The average Bonchev–Trinajstić information content (AvgIpc) is 3.36. The van der Waals surface area contributed by atoms with Gasteiger partial charge in [0.25, 0.3) is 0 Å². The fourth-order valence-corrected chi connectivity index (χ4v) is 5.86. The topological polar surface area (TPSA) is 92.5 Å². The molecule has 0 aliphatic heterocycles. The van der Waals surface area contributed by atoms with Crippen LogP contribution in [0.1, 0.15) is 25.7 Å². The molecule has 0 atom stereocenters. The summed E-state index contributed by atoms with van der Waals surface area (Å²) in [4.78, 5) is 13.1. The van der Waals surface area contributed by atoms with Crippen LogP contribution in [0.25, 0.3) is 10.9 Å². The molecule has 1 aliphatic carbocycles. The monoisotopic (exact) mass is 431 g/mol. The molecule has 0 bridgehead atoms. The molecular formula is C21H22FN3O4S. The van der Waals surface area contributed by atoms with Crippen LogP contribution in [0, 0.1) is 5.82 Å². The maximum atomic E-state index is 13.8. The van der Waals surface area contributed by atoms with Crippen LogP contribution >= 0.6 is 0 Å². The summed E-state index contributed by atoms with van der Waals surface area (Å²) in [6.07, 6.45) is 3.27. The van der Waals surface area contributed by atoms with Gasteiger partial charge in [-0.05, 0) is 55.3 Å². The Morgan fingerprint density at radius 2 is 1.87 bits per heavy atom. The molecule has 1 aromatic heterocycles. The van der Waals surface area contributed by atoms with Crippen molar-refractivity contribution in [3.05, 3.63) is 48.3 Å². The summed E-state index contributed by atoms with van der Waals surface area (Å²) in [5.41, 5.74) is 1.16.